The maximum atomic E-state index is 11.9. The average molecular weight is 323 g/mol. The number of nitrogens with one attached hydrogen (secondary N) is 1. The predicted molar refractivity (Wildman–Crippen MR) is 81.3 cm³/mol. The molecule has 3 N–H and O–H groups in total. The molecule has 1 heterocycles. The number of carbonyl (C=O) groups is 2. The Kier molecular flexibility index (Phi) is 5.06. The van der Waals surface area contributed by atoms with Crippen LogP contribution in [0.25, 0.3) is 0 Å². The number of hydrogen-bond acceptors (Lipinski definition) is 5. The lowest BCUT2D eigenvalue weighted by molar-refractivity contribution is -0.129. The molecule has 1 amide bonds. The molecule has 116 valence electrons. The first kappa shape index (κ1) is 15.9. The molecule has 1 atom stereocenters. The van der Waals surface area contributed by atoms with Crippen molar-refractivity contribution in [1.29, 1.82) is 0 Å². The maximum absolute atomic E-state index is 11.9. The number of nitrogens with two attached hydrogens (primary N) is 1. The fourth-order valence-corrected chi connectivity index (χ4v) is 1.80. The molecule has 0 saturated carbocycles. The monoisotopic (exact) mass is 322 g/mol. The van der Waals surface area contributed by atoms with E-state index in [1.165, 1.54) is 31.4 Å². The first-order valence-corrected chi connectivity index (χ1v) is 6.91. The van der Waals surface area contributed by atoms with Gasteiger partial charge in [-0.1, -0.05) is 11.6 Å². The maximum Gasteiger partial charge on any atom is 0.338 e. The first-order chi connectivity index (χ1) is 10.5. The number of furan rings is 1. The van der Waals surface area contributed by atoms with Crippen LogP contribution < -0.4 is 11.1 Å². The van der Waals surface area contributed by atoms with Crippen LogP contribution in [0.2, 0.25) is 5.02 Å². The molecule has 0 saturated heterocycles. The molecular weight excluding hydrogens is 308 g/mol. The van der Waals surface area contributed by atoms with E-state index in [9.17, 15) is 9.59 Å². The van der Waals surface area contributed by atoms with Gasteiger partial charge in [-0.15, -0.1) is 0 Å². The molecule has 1 aromatic heterocycles. The number of nitrogen functional groups attached to an aromatic ring is 1. The van der Waals surface area contributed by atoms with E-state index < -0.39 is 18.0 Å². The van der Waals surface area contributed by atoms with Gasteiger partial charge in [-0.3, -0.25) is 4.79 Å². The summed E-state index contributed by atoms with van der Waals surface area (Å²) in [5.41, 5.74) is 6.12. The van der Waals surface area contributed by atoms with Crippen molar-refractivity contribution in [2.45, 2.75) is 19.6 Å². The molecular formula is C15H15ClN2O4. The molecule has 1 aromatic carbocycles. The smallest absolute Gasteiger partial charge is 0.338 e. The fourth-order valence-electron chi connectivity index (χ4n) is 1.68. The van der Waals surface area contributed by atoms with Gasteiger partial charge in [-0.25, -0.2) is 4.79 Å². The molecule has 7 heteroatoms. The number of esters is 1. The van der Waals surface area contributed by atoms with Crippen molar-refractivity contribution in [3.63, 3.8) is 0 Å². The second kappa shape index (κ2) is 7.00. The number of ether oxygens (including phenoxy) is 1. The molecule has 0 spiro atoms. The van der Waals surface area contributed by atoms with Crippen molar-refractivity contribution in [2.24, 2.45) is 0 Å². The van der Waals surface area contributed by atoms with E-state index in [-0.39, 0.29) is 17.8 Å². The molecule has 0 fully saturated rings. The average Bonchev–Trinajstić information content (AvgIpc) is 3.00. The second-order valence-electron chi connectivity index (χ2n) is 4.58. The summed E-state index contributed by atoms with van der Waals surface area (Å²) in [6.07, 6.45) is 0.565. The van der Waals surface area contributed by atoms with E-state index in [4.69, 9.17) is 26.5 Å². The van der Waals surface area contributed by atoms with Crippen LogP contribution in [-0.2, 0) is 16.1 Å². The third-order valence-electron chi connectivity index (χ3n) is 2.90. The zero-order valence-corrected chi connectivity index (χ0v) is 12.6. The van der Waals surface area contributed by atoms with Crippen LogP contribution in [0.15, 0.2) is 41.0 Å². The van der Waals surface area contributed by atoms with Gasteiger partial charge in [0.05, 0.1) is 29.1 Å². The van der Waals surface area contributed by atoms with Crippen LogP contribution in [0.4, 0.5) is 5.69 Å². The highest BCUT2D eigenvalue weighted by molar-refractivity contribution is 6.33. The number of amides is 1. The van der Waals surface area contributed by atoms with Gasteiger partial charge in [0.25, 0.3) is 5.91 Å². The third kappa shape index (κ3) is 4.02. The van der Waals surface area contributed by atoms with E-state index in [1.807, 2.05) is 0 Å². The summed E-state index contributed by atoms with van der Waals surface area (Å²) in [5, 5.41) is 2.95. The van der Waals surface area contributed by atoms with Crippen LogP contribution in [0.1, 0.15) is 23.0 Å². The topological polar surface area (TPSA) is 94.6 Å². The Morgan fingerprint density at radius 3 is 2.82 bits per heavy atom. The van der Waals surface area contributed by atoms with Gasteiger partial charge in [-0.2, -0.15) is 0 Å². The number of hydrogen-bond donors (Lipinski definition) is 2. The first-order valence-electron chi connectivity index (χ1n) is 6.53. The molecule has 0 aliphatic rings. The van der Waals surface area contributed by atoms with E-state index in [2.05, 4.69) is 5.32 Å². The van der Waals surface area contributed by atoms with Gasteiger partial charge in [0.2, 0.25) is 0 Å². The van der Waals surface area contributed by atoms with Crippen molar-refractivity contribution in [2.75, 3.05) is 5.73 Å². The Hall–Kier alpha value is -2.47. The van der Waals surface area contributed by atoms with E-state index in [0.29, 0.717) is 10.8 Å². The minimum atomic E-state index is -0.945. The lowest BCUT2D eigenvalue weighted by atomic mass is 10.2. The molecule has 2 aromatic rings. The quantitative estimate of drug-likeness (QED) is 0.651. The summed E-state index contributed by atoms with van der Waals surface area (Å²) >= 11 is 5.78. The van der Waals surface area contributed by atoms with Gasteiger partial charge < -0.3 is 20.2 Å². The Balaban J connectivity index is 1.89. The van der Waals surface area contributed by atoms with Crippen molar-refractivity contribution in [3.05, 3.63) is 52.9 Å². The SMILES string of the molecule is CC(OC(=O)c1ccc(Cl)c(N)c1)C(=O)NCc1ccco1. The van der Waals surface area contributed by atoms with Gasteiger partial charge >= 0.3 is 5.97 Å². The van der Waals surface area contributed by atoms with Crippen molar-refractivity contribution >= 4 is 29.2 Å². The summed E-state index contributed by atoms with van der Waals surface area (Å²) in [7, 11) is 0. The van der Waals surface area contributed by atoms with Crippen molar-refractivity contribution < 1.29 is 18.7 Å². The highest BCUT2D eigenvalue weighted by atomic mass is 35.5. The Bertz CT molecular complexity index is 670. The Morgan fingerprint density at radius 2 is 2.18 bits per heavy atom. The summed E-state index contributed by atoms with van der Waals surface area (Å²) < 4.78 is 10.2. The largest absolute Gasteiger partial charge is 0.467 e. The standard InChI is InChI=1S/C15H15ClN2O4/c1-9(14(19)18-8-11-3-2-6-21-11)22-15(20)10-4-5-12(16)13(17)7-10/h2-7,9H,8,17H2,1H3,(H,18,19). The van der Waals surface area contributed by atoms with Crippen molar-refractivity contribution in [1.82, 2.24) is 5.32 Å². The summed E-state index contributed by atoms with van der Waals surface area (Å²) in [5.74, 6) is -0.465. The fraction of sp³-hybridized carbons (Fsp3) is 0.200. The number of halogens is 1. The molecule has 0 radical (unpaired) electrons. The molecule has 0 aliphatic carbocycles. The molecule has 6 nitrogen and oxygen atoms in total. The van der Waals surface area contributed by atoms with Gasteiger partial charge in [0.1, 0.15) is 5.76 Å². The molecule has 1 unspecified atom stereocenters. The number of rotatable bonds is 5. The van der Waals surface area contributed by atoms with Gasteiger partial charge in [0, 0.05) is 0 Å². The van der Waals surface area contributed by atoms with Crippen LogP contribution in [0.5, 0.6) is 0 Å². The molecule has 0 bridgehead atoms. The minimum Gasteiger partial charge on any atom is -0.467 e. The lowest BCUT2D eigenvalue weighted by Crippen LogP contribution is -2.35. The Morgan fingerprint density at radius 1 is 1.41 bits per heavy atom. The zero-order chi connectivity index (χ0) is 16.1. The highest BCUT2D eigenvalue weighted by Gasteiger charge is 2.19. The normalized spacial score (nSPS) is 11.7. The molecule has 0 aliphatic heterocycles. The van der Waals surface area contributed by atoms with Crippen LogP contribution in [0.3, 0.4) is 0 Å². The van der Waals surface area contributed by atoms with Crippen LogP contribution in [-0.4, -0.2) is 18.0 Å². The van der Waals surface area contributed by atoms with Crippen molar-refractivity contribution in [3.8, 4) is 0 Å². The van der Waals surface area contributed by atoms with E-state index in [1.54, 1.807) is 12.1 Å². The molecule has 2 rings (SSSR count). The Labute approximate surface area is 132 Å². The lowest BCUT2D eigenvalue weighted by Gasteiger charge is -2.13. The van der Waals surface area contributed by atoms with Gasteiger partial charge in [0.15, 0.2) is 6.10 Å². The summed E-state index contributed by atoms with van der Waals surface area (Å²) in [6.45, 7) is 1.70. The summed E-state index contributed by atoms with van der Waals surface area (Å²) in [4.78, 5) is 23.8. The third-order valence-corrected chi connectivity index (χ3v) is 3.25. The zero-order valence-electron chi connectivity index (χ0n) is 11.8. The number of benzene rings is 1. The predicted octanol–water partition coefficient (Wildman–Crippen LogP) is 2.38. The summed E-state index contributed by atoms with van der Waals surface area (Å²) in [6, 6.07) is 7.82. The van der Waals surface area contributed by atoms with E-state index >= 15 is 0 Å². The van der Waals surface area contributed by atoms with E-state index in [0.717, 1.165) is 0 Å². The second-order valence-corrected chi connectivity index (χ2v) is 4.99. The molecule has 22 heavy (non-hydrogen) atoms. The van der Waals surface area contributed by atoms with Crippen LogP contribution >= 0.6 is 11.6 Å². The highest BCUT2D eigenvalue weighted by Crippen LogP contribution is 2.20. The number of carbonyl (C=O) groups excluding carboxylic acids is 2. The van der Waals surface area contributed by atoms with Gasteiger partial charge in [-0.05, 0) is 37.3 Å². The van der Waals surface area contributed by atoms with Crippen LogP contribution in [0, 0.1) is 0 Å². The minimum absolute atomic E-state index is 0.224. The number of anilines is 1.